The Morgan fingerprint density at radius 3 is 2.57 bits per heavy atom. The number of aromatic nitrogens is 1. The largest absolute Gasteiger partial charge is 0.384 e. The average Bonchev–Trinajstić information content (AvgIpc) is 2.89. The Kier molecular flexibility index (Phi) is 8.59. The Hall–Kier alpha value is -3.11. The highest BCUT2D eigenvalue weighted by Gasteiger charge is 2.16. The summed E-state index contributed by atoms with van der Waals surface area (Å²) >= 11 is 5.94. The molecule has 1 aliphatic rings. The van der Waals surface area contributed by atoms with E-state index in [0.717, 1.165) is 37.1 Å². The van der Waals surface area contributed by atoms with Crippen molar-refractivity contribution >= 4 is 28.4 Å². The van der Waals surface area contributed by atoms with Gasteiger partial charge in [-0.1, -0.05) is 42.0 Å². The van der Waals surface area contributed by atoms with Crippen molar-refractivity contribution in [3.8, 4) is 11.8 Å². The number of hydrogen-bond acceptors (Lipinski definition) is 4. The number of aliphatic hydroxyl groups excluding tert-OH is 1. The summed E-state index contributed by atoms with van der Waals surface area (Å²) in [5.74, 6) is 5.06. The minimum atomic E-state index is -0.413. The third-order valence-electron chi connectivity index (χ3n) is 6.32. The van der Waals surface area contributed by atoms with Crippen LogP contribution in [-0.2, 0) is 13.1 Å². The van der Waals surface area contributed by atoms with E-state index < -0.39 is 5.91 Å². The molecule has 0 spiro atoms. The molecule has 0 saturated carbocycles. The van der Waals surface area contributed by atoms with E-state index in [4.69, 9.17) is 16.7 Å². The van der Waals surface area contributed by atoms with Gasteiger partial charge in [-0.15, -0.1) is 0 Å². The zero-order valence-electron chi connectivity index (χ0n) is 19.7. The van der Waals surface area contributed by atoms with Crippen LogP contribution in [0.4, 0.5) is 0 Å². The predicted octanol–water partition coefficient (Wildman–Crippen LogP) is 3.80. The lowest BCUT2D eigenvalue weighted by molar-refractivity contribution is 0.0949. The molecule has 7 heteroatoms. The number of fused-ring (bicyclic) bond motifs is 1. The van der Waals surface area contributed by atoms with E-state index in [1.54, 1.807) is 24.4 Å². The second-order valence-electron chi connectivity index (χ2n) is 8.82. The fourth-order valence-electron chi connectivity index (χ4n) is 4.49. The molecule has 2 aromatic carbocycles. The molecule has 182 valence electrons. The number of halogens is 1. The van der Waals surface area contributed by atoms with Crippen molar-refractivity contribution in [2.75, 3.05) is 26.2 Å². The SMILES string of the molecule is O=C(NCc1ccc(Cl)cc1)c1cn(CCCN2CCCCC2)c2ccc(C#CCO)cc2c1=O. The van der Waals surface area contributed by atoms with E-state index in [0.29, 0.717) is 29.1 Å². The number of nitrogens with zero attached hydrogens (tertiary/aromatic N) is 2. The molecule has 1 aliphatic heterocycles. The lowest BCUT2D eigenvalue weighted by Gasteiger charge is -2.26. The van der Waals surface area contributed by atoms with E-state index in [2.05, 4.69) is 22.1 Å². The Labute approximate surface area is 210 Å². The highest BCUT2D eigenvalue weighted by Crippen LogP contribution is 2.16. The zero-order valence-corrected chi connectivity index (χ0v) is 20.5. The van der Waals surface area contributed by atoms with Crippen LogP contribution in [0.15, 0.2) is 53.5 Å². The molecular formula is C28H30ClN3O3. The first-order chi connectivity index (χ1) is 17.0. The highest BCUT2D eigenvalue weighted by molar-refractivity contribution is 6.30. The molecule has 0 radical (unpaired) electrons. The summed E-state index contributed by atoms with van der Waals surface area (Å²) in [6.45, 7) is 4.00. The Morgan fingerprint density at radius 1 is 1.06 bits per heavy atom. The summed E-state index contributed by atoms with van der Waals surface area (Å²) in [6, 6.07) is 12.6. The summed E-state index contributed by atoms with van der Waals surface area (Å²) in [7, 11) is 0. The van der Waals surface area contributed by atoms with E-state index in [1.807, 2.05) is 28.8 Å². The maximum absolute atomic E-state index is 13.3. The minimum Gasteiger partial charge on any atom is -0.384 e. The Bertz CT molecular complexity index is 1300. The molecule has 0 bridgehead atoms. The van der Waals surface area contributed by atoms with Crippen molar-refractivity contribution in [2.45, 2.75) is 38.8 Å². The fraction of sp³-hybridized carbons (Fsp3) is 0.357. The molecule has 1 amide bonds. The number of amides is 1. The van der Waals surface area contributed by atoms with Gasteiger partial charge in [-0.05, 0) is 74.8 Å². The predicted molar refractivity (Wildman–Crippen MR) is 140 cm³/mol. The van der Waals surface area contributed by atoms with Crippen LogP contribution in [0.3, 0.4) is 0 Å². The number of hydrogen-bond donors (Lipinski definition) is 2. The van der Waals surface area contributed by atoms with Crippen LogP contribution in [0.25, 0.3) is 10.9 Å². The van der Waals surface area contributed by atoms with Crippen molar-refractivity contribution in [1.82, 2.24) is 14.8 Å². The van der Waals surface area contributed by atoms with Gasteiger partial charge in [0.05, 0.1) is 5.52 Å². The molecular weight excluding hydrogens is 462 g/mol. The van der Waals surface area contributed by atoms with E-state index in [-0.39, 0.29) is 17.6 Å². The standard InChI is InChI=1S/C28H30ClN3O3/c29-23-10-7-22(8-11-23)19-30-28(35)25-20-32(16-5-15-31-13-2-1-3-14-31)26-12-9-21(6-4-17-33)18-24(26)27(25)34/h7-12,18,20,33H,1-3,5,13-17,19H2,(H,30,35). The van der Waals surface area contributed by atoms with Crippen LogP contribution in [0.5, 0.6) is 0 Å². The number of aliphatic hydroxyl groups is 1. The topological polar surface area (TPSA) is 74.6 Å². The first kappa shape index (κ1) is 25.0. The van der Waals surface area contributed by atoms with Gasteiger partial charge in [0, 0.05) is 35.3 Å². The summed E-state index contributed by atoms with van der Waals surface area (Å²) in [5.41, 5.74) is 2.08. The molecule has 1 saturated heterocycles. The molecule has 1 fully saturated rings. The number of likely N-dealkylation sites (tertiary alicyclic amines) is 1. The first-order valence-corrected chi connectivity index (χ1v) is 12.4. The normalized spacial score (nSPS) is 13.9. The van der Waals surface area contributed by atoms with Crippen molar-refractivity contribution in [3.63, 3.8) is 0 Å². The van der Waals surface area contributed by atoms with Gasteiger partial charge in [-0.25, -0.2) is 0 Å². The number of aryl methyl sites for hydroxylation is 1. The molecule has 1 aromatic heterocycles. The molecule has 0 aliphatic carbocycles. The number of nitrogens with one attached hydrogen (secondary N) is 1. The lowest BCUT2D eigenvalue weighted by atomic mass is 10.1. The monoisotopic (exact) mass is 491 g/mol. The highest BCUT2D eigenvalue weighted by atomic mass is 35.5. The minimum absolute atomic E-state index is 0.108. The number of carbonyl (C=O) groups excluding carboxylic acids is 1. The molecule has 6 nitrogen and oxygen atoms in total. The van der Waals surface area contributed by atoms with Gasteiger partial charge < -0.3 is 19.9 Å². The molecule has 4 rings (SSSR count). The summed E-state index contributed by atoms with van der Waals surface area (Å²) in [4.78, 5) is 28.9. The van der Waals surface area contributed by atoms with Gasteiger partial charge in [0.25, 0.3) is 5.91 Å². The third kappa shape index (κ3) is 6.52. The molecule has 3 aromatic rings. The van der Waals surface area contributed by atoms with E-state index in [9.17, 15) is 9.59 Å². The van der Waals surface area contributed by atoms with Gasteiger partial charge >= 0.3 is 0 Å². The number of piperidine rings is 1. The molecule has 2 N–H and O–H groups in total. The van der Waals surface area contributed by atoms with Gasteiger partial charge in [-0.3, -0.25) is 9.59 Å². The van der Waals surface area contributed by atoms with Crippen LogP contribution in [0.2, 0.25) is 5.02 Å². The third-order valence-corrected chi connectivity index (χ3v) is 6.58. The van der Waals surface area contributed by atoms with Gasteiger partial charge in [-0.2, -0.15) is 0 Å². The smallest absolute Gasteiger partial charge is 0.257 e. The van der Waals surface area contributed by atoms with Crippen LogP contribution < -0.4 is 10.7 Å². The average molecular weight is 492 g/mol. The fourth-order valence-corrected chi connectivity index (χ4v) is 4.62. The molecule has 2 heterocycles. The Balaban J connectivity index is 1.61. The molecule has 0 unspecified atom stereocenters. The summed E-state index contributed by atoms with van der Waals surface area (Å²) < 4.78 is 2.00. The van der Waals surface area contributed by atoms with Crippen LogP contribution in [-0.4, -0.2) is 46.7 Å². The van der Waals surface area contributed by atoms with Crippen LogP contribution in [0, 0.1) is 11.8 Å². The zero-order chi connectivity index (χ0) is 24.6. The second kappa shape index (κ2) is 12.0. The Morgan fingerprint density at radius 2 is 1.83 bits per heavy atom. The molecule has 35 heavy (non-hydrogen) atoms. The lowest BCUT2D eigenvalue weighted by Crippen LogP contribution is -2.31. The van der Waals surface area contributed by atoms with Crippen molar-refractivity contribution in [1.29, 1.82) is 0 Å². The maximum Gasteiger partial charge on any atom is 0.257 e. The maximum atomic E-state index is 13.3. The quantitative estimate of drug-likeness (QED) is 0.493. The van der Waals surface area contributed by atoms with Gasteiger partial charge in [0.2, 0.25) is 5.43 Å². The number of benzene rings is 2. The van der Waals surface area contributed by atoms with Crippen molar-refractivity contribution < 1.29 is 9.90 Å². The van der Waals surface area contributed by atoms with E-state index >= 15 is 0 Å². The second-order valence-corrected chi connectivity index (χ2v) is 9.26. The summed E-state index contributed by atoms with van der Waals surface area (Å²) in [6.07, 6.45) is 6.40. The number of rotatable bonds is 7. The van der Waals surface area contributed by atoms with Gasteiger partial charge in [0.1, 0.15) is 12.2 Å². The van der Waals surface area contributed by atoms with E-state index in [1.165, 1.54) is 19.3 Å². The number of carbonyl (C=O) groups is 1. The van der Waals surface area contributed by atoms with Crippen LogP contribution >= 0.6 is 11.6 Å². The number of pyridine rings is 1. The van der Waals surface area contributed by atoms with Crippen LogP contribution in [0.1, 0.15) is 47.2 Å². The first-order valence-electron chi connectivity index (χ1n) is 12.1. The summed E-state index contributed by atoms with van der Waals surface area (Å²) in [5, 5.41) is 13.0. The van der Waals surface area contributed by atoms with Crippen molar-refractivity contribution in [3.05, 3.63) is 80.6 Å². The van der Waals surface area contributed by atoms with Gasteiger partial charge in [0.15, 0.2) is 0 Å². The molecule has 0 atom stereocenters. The van der Waals surface area contributed by atoms with Crippen molar-refractivity contribution in [2.24, 2.45) is 0 Å².